The number of aliphatic hydroxyl groups is 1. The molecular formula is C26H31BrN2O6S. The van der Waals surface area contributed by atoms with Gasteiger partial charge in [-0.2, -0.15) is 0 Å². The molecule has 0 fully saturated rings. The Bertz CT molecular complexity index is 1290. The molecule has 3 aromatic rings. The molecule has 194 valence electrons. The van der Waals surface area contributed by atoms with E-state index >= 15 is 0 Å². The van der Waals surface area contributed by atoms with Crippen LogP contribution in [-0.2, 0) is 22.9 Å². The number of benzene rings is 3. The molecule has 0 aliphatic rings. The molecule has 3 aromatic carbocycles. The SMILES string of the molecule is COc1ccc([C@@H](Cc2cccc(Br)c2)NC[C@@H](O)Cc2ccc(O)c(NS(C)(=O)=O)c2)cc1OC. The Morgan fingerprint density at radius 1 is 0.944 bits per heavy atom. The van der Waals surface area contributed by atoms with Crippen LogP contribution in [0.3, 0.4) is 0 Å². The first kappa shape index (κ1) is 27.8. The van der Waals surface area contributed by atoms with Gasteiger partial charge in [0.15, 0.2) is 11.5 Å². The minimum Gasteiger partial charge on any atom is -0.506 e. The molecular weight excluding hydrogens is 548 g/mol. The Balaban J connectivity index is 1.76. The molecule has 0 aliphatic carbocycles. The highest BCUT2D eigenvalue weighted by Crippen LogP contribution is 2.31. The van der Waals surface area contributed by atoms with Crippen LogP contribution in [0.1, 0.15) is 22.7 Å². The Morgan fingerprint density at radius 2 is 1.67 bits per heavy atom. The quantitative estimate of drug-likeness (QED) is 0.240. The zero-order valence-electron chi connectivity index (χ0n) is 20.4. The monoisotopic (exact) mass is 578 g/mol. The third kappa shape index (κ3) is 8.12. The first-order chi connectivity index (χ1) is 17.1. The Morgan fingerprint density at radius 3 is 2.33 bits per heavy atom. The predicted octanol–water partition coefficient (Wildman–Crippen LogP) is 4.02. The minimum atomic E-state index is -3.55. The van der Waals surface area contributed by atoms with E-state index in [0.29, 0.717) is 23.5 Å². The van der Waals surface area contributed by atoms with Crippen molar-refractivity contribution in [3.8, 4) is 17.2 Å². The van der Waals surface area contributed by atoms with E-state index in [-0.39, 0.29) is 30.4 Å². The predicted molar refractivity (Wildman–Crippen MR) is 144 cm³/mol. The summed E-state index contributed by atoms with van der Waals surface area (Å²) in [5.74, 6) is 1.07. The van der Waals surface area contributed by atoms with Crippen LogP contribution in [0.2, 0.25) is 0 Å². The van der Waals surface area contributed by atoms with Gasteiger partial charge in [-0.15, -0.1) is 0 Å². The Hall–Kier alpha value is -2.79. The molecule has 0 aromatic heterocycles. The topological polar surface area (TPSA) is 117 Å². The highest BCUT2D eigenvalue weighted by Gasteiger charge is 2.18. The third-order valence-electron chi connectivity index (χ3n) is 5.57. The van der Waals surface area contributed by atoms with Crippen molar-refractivity contribution >= 4 is 31.6 Å². The molecule has 0 saturated heterocycles. The van der Waals surface area contributed by atoms with E-state index in [1.54, 1.807) is 20.3 Å². The molecule has 0 heterocycles. The number of sulfonamides is 1. The van der Waals surface area contributed by atoms with Crippen molar-refractivity contribution in [3.63, 3.8) is 0 Å². The number of anilines is 1. The summed E-state index contributed by atoms with van der Waals surface area (Å²) < 4.78 is 37.2. The maximum Gasteiger partial charge on any atom is 0.229 e. The number of nitrogens with one attached hydrogen (secondary N) is 2. The smallest absolute Gasteiger partial charge is 0.229 e. The van der Waals surface area contributed by atoms with Gasteiger partial charge in [0.1, 0.15) is 5.75 Å². The van der Waals surface area contributed by atoms with E-state index in [4.69, 9.17) is 9.47 Å². The van der Waals surface area contributed by atoms with Crippen LogP contribution < -0.4 is 19.5 Å². The summed E-state index contributed by atoms with van der Waals surface area (Å²) in [5.41, 5.74) is 2.85. The summed E-state index contributed by atoms with van der Waals surface area (Å²) in [6.07, 6.45) is 1.19. The number of hydrogen-bond acceptors (Lipinski definition) is 7. The van der Waals surface area contributed by atoms with Crippen LogP contribution in [0.15, 0.2) is 65.1 Å². The fourth-order valence-corrected chi connectivity index (χ4v) is 4.90. The van der Waals surface area contributed by atoms with Crippen LogP contribution in [0.4, 0.5) is 5.69 Å². The summed E-state index contributed by atoms with van der Waals surface area (Å²) >= 11 is 3.52. The minimum absolute atomic E-state index is 0.0769. The lowest BCUT2D eigenvalue weighted by Gasteiger charge is -2.23. The van der Waals surface area contributed by atoms with Crippen LogP contribution in [0.5, 0.6) is 17.2 Å². The fourth-order valence-electron chi connectivity index (χ4n) is 3.89. The van der Waals surface area contributed by atoms with E-state index in [0.717, 1.165) is 21.9 Å². The summed E-state index contributed by atoms with van der Waals surface area (Å²) in [5, 5.41) is 24.2. The lowest BCUT2D eigenvalue weighted by atomic mass is 9.97. The third-order valence-corrected chi connectivity index (χ3v) is 6.65. The van der Waals surface area contributed by atoms with E-state index < -0.39 is 16.1 Å². The van der Waals surface area contributed by atoms with Gasteiger partial charge in [-0.05, 0) is 65.9 Å². The van der Waals surface area contributed by atoms with Crippen molar-refractivity contribution in [2.45, 2.75) is 25.0 Å². The van der Waals surface area contributed by atoms with Crippen molar-refractivity contribution < 1.29 is 28.1 Å². The van der Waals surface area contributed by atoms with Crippen LogP contribution in [-0.4, -0.2) is 51.8 Å². The maximum absolute atomic E-state index is 11.6. The largest absolute Gasteiger partial charge is 0.506 e. The van der Waals surface area contributed by atoms with Gasteiger partial charge >= 0.3 is 0 Å². The number of methoxy groups -OCH3 is 2. The molecule has 0 unspecified atom stereocenters. The molecule has 0 spiro atoms. The van der Waals surface area contributed by atoms with Gasteiger partial charge in [0.25, 0.3) is 0 Å². The number of phenolic OH excluding ortho intramolecular Hbond substituents is 1. The van der Waals surface area contributed by atoms with E-state index in [2.05, 4.69) is 32.0 Å². The van der Waals surface area contributed by atoms with Gasteiger partial charge < -0.3 is 25.0 Å². The van der Waals surface area contributed by atoms with Gasteiger partial charge in [0.05, 0.1) is 32.3 Å². The molecule has 8 nitrogen and oxygen atoms in total. The number of hydrogen-bond donors (Lipinski definition) is 4. The average Bonchev–Trinajstić information content (AvgIpc) is 2.82. The second-order valence-corrected chi connectivity index (χ2v) is 11.2. The Kier molecular flexibility index (Phi) is 9.61. The van der Waals surface area contributed by atoms with Crippen LogP contribution >= 0.6 is 15.9 Å². The normalized spacial score (nSPS) is 13.1. The number of aliphatic hydroxyl groups excluding tert-OH is 1. The fraction of sp³-hybridized carbons (Fsp3) is 0.308. The summed E-state index contributed by atoms with van der Waals surface area (Å²) in [7, 11) is -0.370. The van der Waals surface area contributed by atoms with E-state index in [1.807, 2.05) is 36.4 Å². The second-order valence-electron chi connectivity index (χ2n) is 8.49. The van der Waals surface area contributed by atoms with Gasteiger partial charge in [0.2, 0.25) is 10.0 Å². The molecule has 2 atom stereocenters. The standard InChI is InChI=1S/C26H31BrN2O6S/c1-34-25-10-8-19(15-26(25)35-2)22(13-17-5-4-6-20(27)11-17)28-16-21(30)12-18-7-9-24(31)23(14-18)29-36(3,32)33/h4-11,14-15,21-22,28-31H,12-13,16H2,1-3H3/t21-,22+/m0/s1. The summed E-state index contributed by atoms with van der Waals surface area (Å²) in [4.78, 5) is 0. The number of halogens is 1. The lowest BCUT2D eigenvalue weighted by molar-refractivity contribution is 0.167. The van der Waals surface area contributed by atoms with Gasteiger partial charge in [-0.25, -0.2) is 8.42 Å². The first-order valence-corrected chi connectivity index (χ1v) is 13.9. The lowest BCUT2D eigenvalue weighted by Crippen LogP contribution is -2.32. The molecule has 0 amide bonds. The van der Waals surface area contributed by atoms with Gasteiger partial charge in [0, 0.05) is 17.1 Å². The number of phenols is 1. The molecule has 0 radical (unpaired) electrons. The highest BCUT2D eigenvalue weighted by atomic mass is 79.9. The number of ether oxygens (including phenoxy) is 2. The van der Waals surface area contributed by atoms with Crippen molar-refractivity contribution in [2.75, 3.05) is 31.7 Å². The zero-order chi connectivity index (χ0) is 26.3. The molecule has 4 N–H and O–H groups in total. The molecule has 3 rings (SSSR count). The zero-order valence-corrected chi connectivity index (χ0v) is 22.8. The second kappa shape index (κ2) is 12.4. The van der Waals surface area contributed by atoms with Crippen LogP contribution in [0.25, 0.3) is 0 Å². The van der Waals surface area contributed by atoms with Crippen molar-refractivity contribution in [3.05, 3.63) is 81.8 Å². The average molecular weight is 580 g/mol. The van der Waals surface area contributed by atoms with Crippen LogP contribution in [0, 0.1) is 0 Å². The molecule has 0 aliphatic heterocycles. The maximum atomic E-state index is 11.6. The molecule has 0 saturated carbocycles. The first-order valence-electron chi connectivity index (χ1n) is 11.3. The Labute approximate surface area is 220 Å². The van der Waals surface area contributed by atoms with Crippen molar-refractivity contribution in [1.82, 2.24) is 5.32 Å². The van der Waals surface area contributed by atoms with E-state index in [1.165, 1.54) is 12.1 Å². The molecule has 10 heteroatoms. The molecule has 0 bridgehead atoms. The van der Waals surface area contributed by atoms with Gasteiger partial charge in [-0.3, -0.25) is 4.72 Å². The highest BCUT2D eigenvalue weighted by molar-refractivity contribution is 9.10. The number of rotatable bonds is 12. The van der Waals surface area contributed by atoms with Gasteiger partial charge in [-0.1, -0.05) is 40.2 Å². The van der Waals surface area contributed by atoms with Crippen molar-refractivity contribution in [2.24, 2.45) is 0 Å². The van der Waals surface area contributed by atoms with E-state index in [9.17, 15) is 18.6 Å². The summed E-state index contributed by atoms with van der Waals surface area (Å²) in [6, 6.07) is 18.2. The van der Waals surface area contributed by atoms with Crippen molar-refractivity contribution in [1.29, 1.82) is 0 Å². The number of aromatic hydroxyl groups is 1. The molecule has 36 heavy (non-hydrogen) atoms. The summed E-state index contributed by atoms with van der Waals surface area (Å²) in [6.45, 7) is 0.280.